The number of aryl methyl sites for hydroxylation is 1. The van der Waals surface area contributed by atoms with E-state index in [9.17, 15) is 5.11 Å². The number of aliphatic hydroxyl groups is 1. The Labute approximate surface area is 188 Å². The molecule has 2 atom stereocenters. The molecule has 3 N–H and O–H groups in total. The van der Waals surface area contributed by atoms with E-state index in [1.807, 2.05) is 13.1 Å². The highest BCUT2D eigenvalue weighted by atomic mass is 16.3. The van der Waals surface area contributed by atoms with E-state index in [0.717, 1.165) is 22.6 Å². The fourth-order valence-electron chi connectivity index (χ4n) is 5.61. The van der Waals surface area contributed by atoms with E-state index in [4.69, 9.17) is 10.7 Å². The van der Waals surface area contributed by atoms with E-state index < -0.39 is 5.60 Å². The third-order valence-corrected chi connectivity index (χ3v) is 7.31. The molecule has 2 heterocycles. The summed E-state index contributed by atoms with van der Waals surface area (Å²) in [6, 6.07) is 17.5. The second-order valence-electron chi connectivity index (χ2n) is 9.88. The zero-order valence-corrected chi connectivity index (χ0v) is 18.5. The van der Waals surface area contributed by atoms with Gasteiger partial charge in [-0.25, -0.2) is 9.97 Å². The molecule has 2 aliphatic carbocycles. The fourth-order valence-corrected chi connectivity index (χ4v) is 5.61. The van der Waals surface area contributed by atoms with Crippen LogP contribution in [-0.2, 0) is 0 Å². The average Bonchev–Trinajstić information content (AvgIpc) is 3.45. The summed E-state index contributed by atoms with van der Waals surface area (Å²) in [6.07, 6.45) is 6.29. The molecule has 2 aliphatic rings. The maximum atomic E-state index is 10.2. The number of imidazole rings is 1. The van der Waals surface area contributed by atoms with Gasteiger partial charge in [-0.15, -0.1) is 0 Å². The van der Waals surface area contributed by atoms with Crippen LogP contribution in [-0.4, -0.2) is 25.1 Å². The topological polar surface area (TPSA) is 76.4 Å². The molecule has 2 fully saturated rings. The normalized spacial score (nSPS) is 26.8. The lowest BCUT2D eigenvalue weighted by Gasteiger charge is -2.40. The predicted octanol–water partition coefficient (Wildman–Crippen LogP) is 5.19. The standard InChI is InChI=1S/C27H28N4O/c1-16-12-18(8-9-20(16)22-13-21(22)17-6-4-3-5-7-17)23-24-25(28)29-10-11-31(24)26(30-23)19-14-27(2,32)15-19/h3-12,19,21-22,32H,13-15H2,1-2H3,(H2,28,29)/t19-,21-,22?,27+/m0/s1. The van der Waals surface area contributed by atoms with Crippen molar-refractivity contribution in [1.29, 1.82) is 0 Å². The molecule has 5 heteroatoms. The number of benzene rings is 2. The number of nitrogens with zero attached hydrogens (tertiary/aromatic N) is 3. The monoisotopic (exact) mass is 424 g/mol. The van der Waals surface area contributed by atoms with Crippen molar-refractivity contribution in [2.45, 2.75) is 56.5 Å². The van der Waals surface area contributed by atoms with Gasteiger partial charge in [-0.05, 0) is 67.7 Å². The Morgan fingerprint density at radius 1 is 1.09 bits per heavy atom. The minimum Gasteiger partial charge on any atom is -0.390 e. The third kappa shape index (κ3) is 3.11. The van der Waals surface area contributed by atoms with Crippen molar-refractivity contribution in [3.8, 4) is 11.3 Å². The Morgan fingerprint density at radius 2 is 1.88 bits per heavy atom. The Hall–Kier alpha value is -3.18. The SMILES string of the molecule is Cc1cc(-c2nc([C@H]3C[C@@](C)(O)C3)n3ccnc(N)c23)ccc1C1C[C@H]1c1ccccc1. The van der Waals surface area contributed by atoms with Gasteiger partial charge in [0.25, 0.3) is 0 Å². The van der Waals surface area contributed by atoms with Crippen LogP contribution >= 0.6 is 0 Å². The van der Waals surface area contributed by atoms with Gasteiger partial charge in [-0.1, -0.05) is 42.5 Å². The van der Waals surface area contributed by atoms with Crippen molar-refractivity contribution >= 4 is 11.3 Å². The van der Waals surface area contributed by atoms with Gasteiger partial charge >= 0.3 is 0 Å². The molecule has 0 radical (unpaired) electrons. The van der Waals surface area contributed by atoms with Gasteiger partial charge in [0, 0.05) is 23.9 Å². The number of hydrogen-bond donors (Lipinski definition) is 2. The van der Waals surface area contributed by atoms with E-state index in [1.54, 1.807) is 6.20 Å². The van der Waals surface area contributed by atoms with E-state index >= 15 is 0 Å². The summed E-state index contributed by atoms with van der Waals surface area (Å²) in [4.78, 5) is 9.36. The van der Waals surface area contributed by atoms with Crippen LogP contribution in [0.5, 0.6) is 0 Å². The number of rotatable bonds is 4. The quantitative estimate of drug-likeness (QED) is 0.473. The van der Waals surface area contributed by atoms with Gasteiger partial charge in [0.05, 0.1) is 5.60 Å². The summed E-state index contributed by atoms with van der Waals surface area (Å²) in [5.41, 5.74) is 12.7. The summed E-state index contributed by atoms with van der Waals surface area (Å²) in [7, 11) is 0. The zero-order valence-electron chi connectivity index (χ0n) is 18.5. The maximum absolute atomic E-state index is 10.2. The number of anilines is 1. The summed E-state index contributed by atoms with van der Waals surface area (Å²) >= 11 is 0. The molecule has 2 saturated carbocycles. The summed E-state index contributed by atoms with van der Waals surface area (Å²) in [6.45, 7) is 4.09. The van der Waals surface area contributed by atoms with Crippen molar-refractivity contribution < 1.29 is 5.11 Å². The lowest BCUT2D eigenvalue weighted by molar-refractivity contribution is -0.0335. The molecule has 0 saturated heterocycles. The number of fused-ring (bicyclic) bond motifs is 1. The van der Waals surface area contributed by atoms with Crippen LogP contribution in [0.25, 0.3) is 16.8 Å². The van der Waals surface area contributed by atoms with Crippen LogP contribution in [0, 0.1) is 6.92 Å². The minimum absolute atomic E-state index is 0.228. The molecular formula is C27H28N4O. The zero-order chi connectivity index (χ0) is 22.0. The average molecular weight is 425 g/mol. The molecule has 0 amide bonds. The van der Waals surface area contributed by atoms with Crippen LogP contribution < -0.4 is 5.73 Å². The number of aromatic nitrogens is 3. The molecule has 1 unspecified atom stereocenters. The van der Waals surface area contributed by atoms with Gasteiger partial charge in [0.2, 0.25) is 0 Å². The number of nitrogens with two attached hydrogens (primary N) is 1. The molecule has 162 valence electrons. The van der Waals surface area contributed by atoms with Gasteiger partial charge < -0.3 is 10.8 Å². The van der Waals surface area contributed by atoms with Gasteiger partial charge in [0.1, 0.15) is 22.9 Å². The van der Waals surface area contributed by atoms with Crippen molar-refractivity contribution in [3.63, 3.8) is 0 Å². The first-order chi connectivity index (χ1) is 15.4. The third-order valence-electron chi connectivity index (χ3n) is 7.31. The van der Waals surface area contributed by atoms with Gasteiger partial charge in [0.15, 0.2) is 0 Å². The largest absolute Gasteiger partial charge is 0.390 e. The Morgan fingerprint density at radius 3 is 2.59 bits per heavy atom. The van der Waals surface area contributed by atoms with Crippen LogP contribution in [0.1, 0.15) is 66.5 Å². The predicted molar refractivity (Wildman–Crippen MR) is 127 cm³/mol. The van der Waals surface area contributed by atoms with E-state index in [-0.39, 0.29) is 5.92 Å². The highest BCUT2D eigenvalue weighted by Crippen LogP contribution is 2.55. The molecular weight excluding hydrogens is 396 g/mol. The summed E-state index contributed by atoms with van der Waals surface area (Å²) < 4.78 is 2.06. The highest BCUT2D eigenvalue weighted by molar-refractivity contribution is 5.85. The second-order valence-corrected chi connectivity index (χ2v) is 9.88. The van der Waals surface area contributed by atoms with Crippen LogP contribution in [0.15, 0.2) is 60.9 Å². The second kappa shape index (κ2) is 6.91. The first-order valence-electron chi connectivity index (χ1n) is 11.4. The highest BCUT2D eigenvalue weighted by Gasteiger charge is 2.42. The lowest BCUT2D eigenvalue weighted by Crippen LogP contribution is -2.40. The van der Waals surface area contributed by atoms with Gasteiger partial charge in [-0.3, -0.25) is 4.40 Å². The molecule has 6 rings (SSSR count). The first kappa shape index (κ1) is 19.5. The Bertz CT molecular complexity index is 1320. The molecule has 2 aromatic heterocycles. The van der Waals surface area contributed by atoms with Crippen molar-refractivity contribution in [1.82, 2.24) is 14.4 Å². The summed E-state index contributed by atoms with van der Waals surface area (Å²) in [5, 5.41) is 10.2. The molecule has 4 aromatic rings. The fraction of sp³-hybridized carbons (Fsp3) is 0.333. The smallest absolute Gasteiger partial charge is 0.150 e. The van der Waals surface area contributed by atoms with Crippen molar-refractivity contribution in [2.75, 3.05) is 5.73 Å². The molecule has 32 heavy (non-hydrogen) atoms. The van der Waals surface area contributed by atoms with E-state index in [0.29, 0.717) is 30.5 Å². The molecule has 0 aliphatic heterocycles. The van der Waals surface area contributed by atoms with E-state index in [1.165, 1.54) is 23.1 Å². The van der Waals surface area contributed by atoms with Crippen LogP contribution in [0.3, 0.4) is 0 Å². The number of nitrogen functional groups attached to an aromatic ring is 1. The molecule has 2 aromatic carbocycles. The minimum atomic E-state index is -0.604. The van der Waals surface area contributed by atoms with Crippen molar-refractivity contribution in [2.24, 2.45) is 0 Å². The van der Waals surface area contributed by atoms with Crippen LogP contribution in [0.2, 0.25) is 0 Å². The maximum Gasteiger partial charge on any atom is 0.150 e. The van der Waals surface area contributed by atoms with Crippen LogP contribution in [0.4, 0.5) is 5.82 Å². The lowest BCUT2D eigenvalue weighted by atomic mass is 9.72. The molecule has 0 bridgehead atoms. The van der Waals surface area contributed by atoms with Crippen molar-refractivity contribution in [3.05, 3.63) is 83.4 Å². The summed E-state index contributed by atoms with van der Waals surface area (Å²) in [5.74, 6) is 2.88. The molecule has 5 nitrogen and oxygen atoms in total. The Kier molecular flexibility index (Phi) is 4.21. The number of hydrogen-bond acceptors (Lipinski definition) is 4. The van der Waals surface area contributed by atoms with E-state index in [2.05, 4.69) is 64.8 Å². The Balaban J connectivity index is 1.37. The molecule has 0 spiro atoms. The van der Waals surface area contributed by atoms with Gasteiger partial charge in [-0.2, -0.15) is 0 Å². The first-order valence-corrected chi connectivity index (χ1v) is 11.4.